The molecule has 0 heterocycles. The number of hydrogen-bond donors (Lipinski definition) is 1. The molecule has 5 heteroatoms. The van der Waals surface area contributed by atoms with Crippen LogP contribution in [0.5, 0.6) is 0 Å². The van der Waals surface area contributed by atoms with Crippen LogP contribution in [0, 0.1) is 23.0 Å². The fourth-order valence-corrected chi connectivity index (χ4v) is 0.827. The Morgan fingerprint density at radius 3 is 2.62 bits per heavy atom. The molecule has 66 valence electrons. The molecule has 1 aromatic carbocycles. The number of hydrazone groups is 1. The Morgan fingerprint density at radius 1 is 1.38 bits per heavy atom. The summed E-state index contributed by atoms with van der Waals surface area (Å²) in [5.41, 5.74) is -0.425. The Hall–Kier alpha value is -1.96. The van der Waals surface area contributed by atoms with Gasteiger partial charge in [-0.2, -0.15) is 10.4 Å². The van der Waals surface area contributed by atoms with Crippen molar-refractivity contribution in [2.75, 3.05) is 0 Å². The lowest BCUT2D eigenvalue weighted by Gasteiger charge is -1.97. The van der Waals surface area contributed by atoms with Gasteiger partial charge in [0.2, 0.25) is 0 Å². The van der Waals surface area contributed by atoms with E-state index in [-0.39, 0.29) is 11.1 Å². The number of nitriles is 1. The highest BCUT2D eigenvalue weighted by Crippen LogP contribution is 2.12. The summed E-state index contributed by atoms with van der Waals surface area (Å²) in [6.45, 7) is 0. The van der Waals surface area contributed by atoms with Gasteiger partial charge in [-0.05, 0) is 12.1 Å². The zero-order chi connectivity index (χ0) is 9.84. The second-order valence-corrected chi connectivity index (χ2v) is 2.24. The van der Waals surface area contributed by atoms with E-state index < -0.39 is 11.6 Å². The molecule has 0 amide bonds. The van der Waals surface area contributed by atoms with Crippen molar-refractivity contribution in [3.05, 3.63) is 34.9 Å². The Balaban J connectivity index is 3.30. The smallest absolute Gasteiger partial charge is 0.141 e. The van der Waals surface area contributed by atoms with Crippen molar-refractivity contribution >= 4 is 6.21 Å². The van der Waals surface area contributed by atoms with Crippen molar-refractivity contribution in [1.29, 1.82) is 5.26 Å². The highest BCUT2D eigenvalue weighted by Gasteiger charge is 2.07. The van der Waals surface area contributed by atoms with Crippen LogP contribution in [0.4, 0.5) is 8.78 Å². The quantitative estimate of drug-likeness (QED) is 0.401. The molecule has 0 saturated heterocycles. The number of nitrogens with zero attached hydrogens (tertiary/aromatic N) is 2. The molecule has 1 rings (SSSR count). The SMILES string of the molecule is N#Cc1cc(F)c(C=NN)cc1F. The summed E-state index contributed by atoms with van der Waals surface area (Å²) in [4.78, 5) is 0. The molecule has 0 aromatic heterocycles. The van der Waals surface area contributed by atoms with Crippen molar-refractivity contribution in [3.8, 4) is 6.07 Å². The molecule has 0 aliphatic carbocycles. The van der Waals surface area contributed by atoms with Crippen LogP contribution in [0.1, 0.15) is 11.1 Å². The Morgan fingerprint density at radius 2 is 2.08 bits per heavy atom. The van der Waals surface area contributed by atoms with Gasteiger partial charge in [-0.1, -0.05) is 0 Å². The van der Waals surface area contributed by atoms with E-state index in [1.165, 1.54) is 6.07 Å². The zero-order valence-electron chi connectivity index (χ0n) is 6.46. The van der Waals surface area contributed by atoms with E-state index in [4.69, 9.17) is 11.1 Å². The minimum absolute atomic E-state index is 0.0843. The molecule has 0 aliphatic heterocycles. The molecule has 0 spiro atoms. The fraction of sp³-hybridized carbons (Fsp3) is 0. The minimum Gasteiger partial charge on any atom is -0.323 e. The molecule has 0 bridgehead atoms. The van der Waals surface area contributed by atoms with Gasteiger partial charge in [0.1, 0.15) is 17.7 Å². The van der Waals surface area contributed by atoms with Crippen molar-refractivity contribution < 1.29 is 8.78 Å². The predicted molar refractivity (Wildman–Crippen MR) is 42.9 cm³/mol. The third-order valence-electron chi connectivity index (χ3n) is 1.42. The zero-order valence-corrected chi connectivity index (χ0v) is 6.46. The summed E-state index contributed by atoms with van der Waals surface area (Å²) in [7, 11) is 0. The number of rotatable bonds is 1. The van der Waals surface area contributed by atoms with Crippen LogP contribution in [0.15, 0.2) is 17.2 Å². The van der Waals surface area contributed by atoms with Crippen molar-refractivity contribution in [1.82, 2.24) is 0 Å². The van der Waals surface area contributed by atoms with E-state index in [9.17, 15) is 8.78 Å². The number of hydrogen-bond acceptors (Lipinski definition) is 3. The second kappa shape index (κ2) is 3.63. The van der Waals surface area contributed by atoms with Crippen LogP contribution < -0.4 is 5.84 Å². The third-order valence-corrected chi connectivity index (χ3v) is 1.42. The van der Waals surface area contributed by atoms with Crippen molar-refractivity contribution in [2.45, 2.75) is 0 Å². The summed E-state index contributed by atoms with van der Waals surface area (Å²) in [6.07, 6.45) is 0.972. The van der Waals surface area contributed by atoms with E-state index >= 15 is 0 Å². The first-order valence-electron chi connectivity index (χ1n) is 3.31. The molecule has 0 fully saturated rings. The van der Waals surface area contributed by atoms with Crippen molar-refractivity contribution in [3.63, 3.8) is 0 Å². The van der Waals surface area contributed by atoms with Gasteiger partial charge in [0.15, 0.2) is 0 Å². The van der Waals surface area contributed by atoms with Crippen LogP contribution >= 0.6 is 0 Å². The summed E-state index contributed by atoms with van der Waals surface area (Å²) in [6, 6.07) is 3.18. The van der Waals surface area contributed by atoms with Gasteiger partial charge in [0.25, 0.3) is 0 Å². The molecule has 0 saturated carbocycles. The highest BCUT2D eigenvalue weighted by atomic mass is 19.1. The highest BCUT2D eigenvalue weighted by molar-refractivity contribution is 5.80. The van der Waals surface area contributed by atoms with Gasteiger partial charge in [0.05, 0.1) is 11.8 Å². The van der Waals surface area contributed by atoms with Crippen LogP contribution in [0.3, 0.4) is 0 Å². The molecular weight excluding hydrogens is 176 g/mol. The molecule has 2 N–H and O–H groups in total. The van der Waals surface area contributed by atoms with Crippen LogP contribution in [-0.2, 0) is 0 Å². The van der Waals surface area contributed by atoms with Gasteiger partial charge < -0.3 is 5.84 Å². The van der Waals surface area contributed by atoms with E-state index in [2.05, 4.69) is 5.10 Å². The topological polar surface area (TPSA) is 62.2 Å². The number of halogens is 2. The monoisotopic (exact) mass is 181 g/mol. The summed E-state index contributed by atoms with van der Waals surface area (Å²) < 4.78 is 25.8. The number of benzene rings is 1. The second-order valence-electron chi connectivity index (χ2n) is 2.24. The first-order chi connectivity index (χ1) is 6.19. The lowest BCUT2D eigenvalue weighted by molar-refractivity contribution is 0.595. The van der Waals surface area contributed by atoms with Gasteiger partial charge >= 0.3 is 0 Å². The largest absolute Gasteiger partial charge is 0.323 e. The molecule has 0 aliphatic rings. The maximum atomic E-state index is 12.9. The molecule has 0 radical (unpaired) electrons. The van der Waals surface area contributed by atoms with Gasteiger partial charge in [-0.3, -0.25) is 0 Å². The fourth-order valence-electron chi connectivity index (χ4n) is 0.827. The van der Waals surface area contributed by atoms with Crippen LogP contribution in [-0.4, -0.2) is 6.21 Å². The first-order valence-corrected chi connectivity index (χ1v) is 3.31. The minimum atomic E-state index is -0.793. The lowest BCUT2D eigenvalue weighted by Crippen LogP contribution is -1.95. The maximum absolute atomic E-state index is 12.9. The molecule has 13 heavy (non-hydrogen) atoms. The average molecular weight is 181 g/mol. The molecule has 1 aromatic rings. The summed E-state index contributed by atoms with van der Waals surface area (Å²) >= 11 is 0. The standard InChI is InChI=1S/C8H5F2N3/c9-7-2-6(4-13-12)8(10)1-5(7)3-11/h1-2,4H,12H2. The van der Waals surface area contributed by atoms with Crippen molar-refractivity contribution in [2.24, 2.45) is 10.9 Å². The van der Waals surface area contributed by atoms with E-state index in [1.54, 1.807) is 0 Å². The molecule has 0 unspecified atom stereocenters. The van der Waals surface area contributed by atoms with Gasteiger partial charge in [-0.25, -0.2) is 8.78 Å². The van der Waals surface area contributed by atoms with Crippen LogP contribution in [0.2, 0.25) is 0 Å². The summed E-state index contributed by atoms with van der Waals surface area (Å²) in [5.74, 6) is 3.24. The Labute approximate surface area is 73.1 Å². The van der Waals surface area contributed by atoms with Gasteiger partial charge in [0, 0.05) is 5.56 Å². The predicted octanol–water partition coefficient (Wildman–Crippen LogP) is 1.13. The first kappa shape index (κ1) is 9.13. The normalized spacial score (nSPS) is 10.2. The van der Waals surface area contributed by atoms with E-state index in [1.807, 2.05) is 0 Å². The Bertz CT molecular complexity index is 393. The molecule has 3 nitrogen and oxygen atoms in total. The summed E-state index contributed by atoms with van der Waals surface area (Å²) in [5, 5.41) is 11.4. The Kier molecular flexibility index (Phi) is 2.55. The van der Waals surface area contributed by atoms with E-state index in [0.29, 0.717) is 0 Å². The van der Waals surface area contributed by atoms with Gasteiger partial charge in [-0.15, -0.1) is 0 Å². The maximum Gasteiger partial charge on any atom is 0.141 e. The average Bonchev–Trinajstić information content (AvgIpc) is 2.11. The van der Waals surface area contributed by atoms with E-state index in [0.717, 1.165) is 18.3 Å². The third kappa shape index (κ3) is 1.79. The molecule has 0 atom stereocenters. The number of nitrogens with two attached hydrogens (primary N) is 1. The van der Waals surface area contributed by atoms with Crippen LogP contribution in [0.25, 0.3) is 0 Å². The molecular formula is C8H5F2N3. The lowest BCUT2D eigenvalue weighted by atomic mass is 10.1.